The van der Waals surface area contributed by atoms with Gasteiger partial charge in [0.1, 0.15) is 5.76 Å². The number of carbonyl (C=O) groups is 3. The Hall–Kier alpha value is -7.67. The second-order valence-corrected chi connectivity index (χ2v) is 11.8. The van der Waals surface area contributed by atoms with E-state index >= 15 is 0 Å². The molecule has 6 aromatic carbocycles. The predicted molar refractivity (Wildman–Crippen MR) is 192 cm³/mol. The molecule has 52 heavy (non-hydrogen) atoms. The van der Waals surface area contributed by atoms with Crippen LogP contribution in [-0.2, 0) is 9.47 Å². The van der Waals surface area contributed by atoms with E-state index in [-0.39, 0.29) is 38.4 Å². The number of carbonyl (C=O) groups excluding carboxylic acids is 3. The van der Waals surface area contributed by atoms with Crippen molar-refractivity contribution < 1.29 is 32.7 Å². The van der Waals surface area contributed by atoms with Gasteiger partial charge in [-0.2, -0.15) is 0 Å². The molecule has 0 radical (unpaired) electrons. The summed E-state index contributed by atoms with van der Waals surface area (Å²) in [4.78, 5) is 81.1. The van der Waals surface area contributed by atoms with Crippen molar-refractivity contribution >= 4 is 88.9 Å². The Morgan fingerprint density at radius 2 is 0.827 bits per heavy atom. The van der Waals surface area contributed by atoms with Crippen molar-refractivity contribution in [3.63, 3.8) is 0 Å². The maximum Gasteiger partial charge on any atom is 0.347 e. The number of rotatable bonds is 0. The molecule has 8 aromatic rings. The maximum absolute atomic E-state index is 11.9. The molecule has 0 fully saturated rings. The van der Waals surface area contributed by atoms with E-state index in [1.54, 1.807) is 18.2 Å². The van der Waals surface area contributed by atoms with E-state index in [2.05, 4.69) is 20.2 Å². The highest BCUT2D eigenvalue weighted by atomic mass is 16.6. The number of cyclic esters (lactones) is 3. The summed E-state index contributed by atoms with van der Waals surface area (Å²) in [6.45, 7) is 3.66. The largest absolute Gasteiger partial charge is 0.423 e. The van der Waals surface area contributed by atoms with Gasteiger partial charge in [-0.25, -0.2) is 33.6 Å². The van der Waals surface area contributed by atoms with Gasteiger partial charge in [-0.1, -0.05) is 43.0 Å². The minimum absolute atomic E-state index is 0.153. The number of benzene rings is 6. The van der Waals surface area contributed by atoms with Crippen LogP contribution in [0.2, 0.25) is 0 Å². The van der Waals surface area contributed by atoms with Gasteiger partial charge in [-0.15, -0.1) is 0 Å². The number of hydrogen-bond donors (Lipinski definition) is 2. The predicted octanol–water partition coefficient (Wildman–Crippen LogP) is 4.94. The zero-order chi connectivity index (χ0) is 36.6. The number of nitrogen functional groups attached to an aromatic ring is 2. The zero-order valence-electron chi connectivity index (χ0n) is 26.4. The number of hydrogen-bond acceptors (Lipinski definition) is 13. The van der Waals surface area contributed by atoms with Crippen LogP contribution in [0.1, 0.15) is 36.6 Å². The molecule has 2 aliphatic rings. The molecule has 0 spiro atoms. The van der Waals surface area contributed by atoms with Crippen LogP contribution in [0, 0.1) is 0 Å². The zero-order valence-corrected chi connectivity index (χ0v) is 26.4. The Bertz CT molecular complexity index is 2860. The standard InChI is InChI=1S/C15H6O5.C14H4O6.C10H10N2/c1-6-7-2-3-9-8(11(7)14(17)19-6)4-5-10-12(9)15(18)20-13(10)16;15-11-7-1-5-2-9-10(14(18)20-13(9)17)4-6(5)3-8(7)12(16)19-11;11-9-5-1-3-7-8(9)4-2-6-10(7)12/h2-5H,1H2;1-4H;1-6H,11-12H2. The van der Waals surface area contributed by atoms with Gasteiger partial charge >= 0.3 is 40.4 Å². The molecule has 0 saturated heterocycles. The highest BCUT2D eigenvalue weighted by molar-refractivity contribution is 6.24. The Kier molecular flexibility index (Phi) is 6.96. The molecule has 252 valence electrons. The lowest BCUT2D eigenvalue weighted by molar-refractivity contribution is 0.0443. The van der Waals surface area contributed by atoms with Crippen LogP contribution in [0.4, 0.5) is 11.4 Å². The minimum atomic E-state index is -0.717. The van der Waals surface area contributed by atoms with Crippen molar-refractivity contribution in [1.82, 2.24) is 0 Å². The van der Waals surface area contributed by atoms with Gasteiger partial charge in [0.15, 0.2) is 0 Å². The van der Waals surface area contributed by atoms with Crippen molar-refractivity contribution in [3.8, 4) is 0 Å². The lowest BCUT2D eigenvalue weighted by atomic mass is 9.94. The first kappa shape index (κ1) is 31.6. The normalized spacial score (nSPS) is 13.2. The summed E-state index contributed by atoms with van der Waals surface area (Å²) in [5.41, 5.74) is 11.6. The molecule has 0 saturated carbocycles. The number of ether oxygens (including phenoxy) is 2. The van der Waals surface area contributed by atoms with Crippen LogP contribution in [0.3, 0.4) is 0 Å². The molecule has 13 heteroatoms. The topological polar surface area (TPSA) is 216 Å². The fourth-order valence-electron chi connectivity index (χ4n) is 6.43. The smallest absolute Gasteiger partial charge is 0.347 e. The van der Waals surface area contributed by atoms with Crippen LogP contribution >= 0.6 is 0 Å². The van der Waals surface area contributed by atoms with Gasteiger partial charge < -0.3 is 29.8 Å². The van der Waals surface area contributed by atoms with Crippen LogP contribution < -0.4 is 34.0 Å². The molecule has 0 aliphatic carbocycles. The van der Waals surface area contributed by atoms with E-state index in [9.17, 15) is 33.6 Å². The van der Waals surface area contributed by atoms with Crippen molar-refractivity contribution in [3.05, 3.63) is 155 Å². The van der Waals surface area contributed by atoms with E-state index in [0.29, 0.717) is 32.7 Å². The van der Waals surface area contributed by atoms with Gasteiger partial charge in [-0.3, -0.25) is 0 Å². The number of anilines is 2. The summed E-state index contributed by atoms with van der Waals surface area (Å²) >= 11 is 0. The molecule has 4 heterocycles. The molecule has 0 unspecified atom stereocenters. The van der Waals surface area contributed by atoms with E-state index in [1.807, 2.05) is 36.4 Å². The van der Waals surface area contributed by atoms with Crippen molar-refractivity contribution in [2.75, 3.05) is 11.5 Å². The third-order valence-electron chi connectivity index (χ3n) is 8.88. The van der Waals surface area contributed by atoms with Gasteiger partial charge in [-0.05, 0) is 70.1 Å². The summed E-state index contributed by atoms with van der Waals surface area (Å²) in [6.07, 6.45) is 0. The number of esters is 3. The summed E-state index contributed by atoms with van der Waals surface area (Å²) in [5.74, 6) is -1.58. The van der Waals surface area contributed by atoms with Crippen molar-refractivity contribution in [2.24, 2.45) is 0 Å². The first-order valence-electron chi connectivity index (χ1n) is 15.4. The maximum atomic E-state index is 11.9. The Morgan fingerprint density at radius 1 is 0.423 bits per heavy atom. The molecule has 2 aliphatic heterocycles. The Labute approximate surface area is 288 Å². The average molecular weight is 693 g/mol. The average Bonchev–Trinajstić information content (AvgIpc) is 3.78. The summed E-state index contributed by atoms with van der Waals surface area (Å²) in [6, 6.07) is 23.8. The van der Waals surface area contributed by atoms with Crippen LogP contribution in [-0.4, -0.2) is 17.9 Å². The second kappa shape index (κ2) is 11.5. The van der Waals surface area contributed by atoms with Gasteiger partial charge in [0, 0.05) is 27.7 Å². The summed E-state index contributed by atoms with van der Waals surface area (Å²) < 4.78 is 18.6. The molecule has 13 nitrogen and oxygen atoms in total. The van der Waals surface area contributed by atoms with Crippen LogP contribution in [0.25, 0.3) is 59.6 Å². The van der Waals surface area contributed by atoms with E-state index < -0.39 is 40.4 Å². The van der Waals surface area contributed by atoms with Gasteiger partial charge in [0.2, 0.25) is 0 Å². The lowest BCUT2D eigenvalue weighted by Crippen LogP contribution is -1.99. The minimum Gasteiger partial charge on any atom is -0.423 e. The molecule has 0 bridgehead atoms. The van der Waals surface area contributed by atoms with E-state index in [4.69, 9.17) is 16.2 Å². The number of fused-ring (bicyclic) bond motifs is 9. The summed E-state index contributed by atoms with van der Waals surface area (Å²) in [7, 11) is 0. The Morgan fingerprint density at radius 3 is 1.29 bits per heavy atom. The molecule has 2 aromatic heterocycles. The van der Waals surface area contributed by atoms with Crippen molar-refractivity contribution in [2.45, 2.75) is 0 Å². The molecular weight excluding hydrogens is 672 g/mol. The quantitative estimate of drug-likeness (QED) is 0.122. The fraction of sp³-hybridized carbons (Fsp3) is 0. The SMILES string of the molecule is C=C1OC(=O)c2c1ccc1c3c(ccc21)C(=O)OC3=O.Nc1cccc2c(N)cccc12.O=c1oc(=O)c2cc3cc4c(=O)oc(=O)c4cc3cc12. The Balaban J connectivity index is 0.000000116. The fourth-order valence-corrected chi connectivity index (χ4v) is 6.43. The monoisotopic (exact) mass is 692 g/mol. The molecular formula is C39H20N2O11. The molecule has 4 N–H and O–H groups in total. The summed E-state index contributed by atoms with van der Waals surface area (Å²) in [5, 5.41) is 4.83. The second-order valence-electron chi connectivity index (χ2n) is 11.8. The first-order chi connectivity index (χ1) is 24.9. The third-order valence-corrected chi connectivity index (χ3v) is 8.88. The third kappa shape index (κ3) is 4.83. The molecule has 0 amide bonds. The van der Waals surface area contributed by atoms with Crippen molar-refractivity contribution in [1.29, 1.82) is 0 Å². The highest BCUT2D eigenvalue weighted by Gasteiger charge is 2.34. The van der Waals surface area contributed by atoms with E-state index in [1.165, 1.54) is 30.3 Å². The van der Waals surface area contributed by atoms with Crippen LogP contribution in [0.5, 0.6) is 0 Å². The molecule has 10 rings (SSSR count). The number of nitrogens with two attached hydrogens (primary N) is 2. The molecule has 0 atom stereocenters. The van der Waals surface area contributed by atoms with Crippen LogP contribution in [0.15, 0.2) is 120 Å². The van der Waals surface area contributed by atoms with Gasteiger partial charge in [0.25, 0.3) is 0 Å². The van der Waals surface area contributed by atoms with Gasteiger partial charge in [0.05, 0.1) is 38.2 Å². The number of furan rings is 2. The highest BCUT2D eigenvalue weighted by Crippen LogP contribution is 2.37. The first-order valence-corrected chi connectivity index (χ1v) is 15.4. The van der Waals surface area contributed by atoms with E-state index in [0.717, 1.165) is 22.1 Å². The lowest BCUT2D eigenvalue weighted by Gasteiger charge is -2.04.